The molecule has 4 aliphatic rings. The van der Waals surface area contributed by atoms with Crippen molar-refractivity contribution in [2.45, 2.75) is 43.7 Å². The van der Waals surface area contributed by atoms with Gasteiger partial charge < -0.3 is 10.1 Å². The molecule has 2 bridgehead atoms. The Kier molecular flexibility index (Phi) is 2.81. The molecule has 1 N–H and O–H groups in total. The molecule has 0 radical (unpaired) electrons. The van der Waals surface area contributed by atoms with E-state index in [1.165, 1.54) is 0 Å². The van der Waals surface area contributed by atoms with Crippen LogP contribution in [0.4, 0.5) is 0 Å². The van der Waals surface area contributed by atoms with Crippen LogP contribution in [0.15, 0.2) is 24.5 Å². The van der Waals surface area contributed by atoms with E-state index in [2.05, 4.69) is 10.3 Å². The summed E-state index contributed by atoms with van der Waals surface area (Å²) in [6, 6.07) is 4.35. The first-order valence-corrected chi connectivity index (χ1v) is 7.65. The summed E-state index contributed by atoms with van der Waals surface area (Å²) in [6.07, 6.45) is 8.87. The van der Waals surface area contributed by atoms with Gasteiger partial charge in [0.2, 0.25) is 0 Å². The molecular weight excluding hydrogens is 252 g/mol. The van der Waals surface area contributed by atoms with Gasteiger partial charge in [-0.1, -0.05) is 0 Å². The first-order chi connectivity index (χ1) is 9.78. The van der Waals surface area contributed by atoms with E-state index in [0.29, 0.717) is 12.0 Å². The van der Waals surface area contributed by atoms with Gasteiger partial charge >= 0.3 is 5.97 Å². The molecule has 2 aliphatic heterocycles. The van der Waals surface area contributed by atoms with Crippen LogP contribution in [-0.2, 0) is 15.1 Å². The molecule has 4 fully saturated rings. The Morgan fingerprint density at radius 3 is 2.65 bits per heavy atom. The molecule has 0 amide bonds. The lowest BCUT2D eigenvalue weighted by Gasteiger charge is -2.37. The van der Waals surface area contributed by atoms with E-state index >= 15 is 0 Å². The van der Waals surface area contributed by atoms with Crippen molar-refractivity contribution in [1.82, 2.24) is 10.3 Å². The number of rotatable bonds is 3. The second kappa shape index (κ2) is 4.55. The van der Waals surface area contributed by atoms with E-state index in [1.807, 2.05) is 12.1 Å². The number of esters is 1. The van der Waals surface area contributed by atoms with E-state index in [0.717, 1.165) is 44.2 Å². The van der Waals surface area contributed by atoms with Crippen molar-refractivity contribution in [3.8, 4) is 0 Å². The van der Waals surface area contributed by atoms with E-state index in [9.17, 15) is 4.79 Å². The third-order valence-corrected chi connectivity index (χ3v) is 5.33. The molecule has 3 atom stereocenters. The van der Waals surface area contributed by atoms with Crippen molar-refractivity contribution in [2.24, 2.45) is 11.8 Å². The smallest absolute Gasteiger partial charge is 0.311 e. The lowest BCUT2D eigenvalue weighted by molar-refractivity contribution is -0.171. The van der Waals surface area contributed by atoms with Crippen molar-refractivity contribution in [3.05, 3.63) is 30.1 Å². The lowest BCUT2D eigenvalue weighted by Crippen LogP contribution is -2.45. The molecule has 4 heteroatoms. The van der Waals surface area contributed by atoms with E-state index < -0.39 is 5.60 Å². The SMILES string of the molecule is O=C(OC1(c2ccncc2)CCCC1)C1C2CNC1C2. The van der Waals surface area contributed by atoms with Crippen molar-refractivity contribution in [2.75, 3.05) is 6.54 Å². The average Bonchev–Trinajstić information content (AvgIpc) is 3.16. The highest BCUT2D eigenvalue weighted by Crippen LogP contribution is 2.46. The fraction of sp³-hybridized carbons (Fsp3) is 0.625. The quantitative estimate of drug-likeness (QED) is 0.855. The Morgan fingerprint density at radius 1 is 1.30 bits per heavy atom. The highest BCUT2D eigenvalue weighted by molar-refractivity contribution is 5.76. The van der Waals surface area contributed by atoms with Crippen LogP contribution in [0.5, 0.6) is 0 Å². The minimum atomic E-state index is -0.394. The van der Waals surface area contributed by atoms with Gasteiger partial charge in [-0.05, 0) is 62.3 Å². The third-order valence-electron chi connectivity index (χ3n) is 5.33. The zero-order chi connectivity index (χ0) is 13.6. The van der Waals surface area contributed by atoms with Gasteiger partial charge in [0, 0.05) is 18.4 Å². The Balaban J connectivity index is 1.56. The number of hydrogen-bond acceptors (Lipinski definition) is 4. The number of nitrogens with zero attached hydrogens (tertiary/aromatic N) is 1. The van der Waals surface area contributed by atoms with Crippen LogP contribution in [0.25, 0.3) is 0 Å². The van der Waals surface area contributed by atoms with Crippen LogP contribution >= 0.6 is 0 Å². The van der Waals surface area contributed by atoms with E-state index in [4.69, 9.17) is 4.74 Å². The van der Waals surface area contributed by atoms with Gasteiger partial charge in [0.1, 0.15) is 5.60 Å². The number of fused-ring (bicyclic) bond motifs is 1. The number of nitrogens with one attached hydrogen (secondary N) is 1. The van der Waals surface area contributed by atoms with Crippen molar-refractivity contribution in [1.29, 1.82) is 0 Å². The summed E-state index contributed by atoms with van der Waals surface area (Å²) in [5.41, 5.74) is 0.715. The summed E-state index contributed by atoms with van der Waals surface area (Å²) in [4.78, 5) is 16.6. The molecule has 106 valence electrons. The average molecular weight is 272 g/mol. The Bertz CT molecular complexity index is 496. The number of hydrogen-bond donors (Lipinski definition) is 1. The maximum atomic E-state index is 12.5. The monoisotopic (exact) mass is 272 g/mol. The van der Waals surface area contributed by atoms with Crippen molar-refractivity contribution in [3.63, 3.8) is 0 Å². The van der Waals surface area contributed by atoms with E-state index in [-0.39, 0.29) is 11.9 Å². The van der Waals surface area contributed by atoms with Crippen molar-refractivity contribution < 1.29 is 9.53 Å². The standard InChI is InChI=1S/C16H20N2O2/c19-15(14-11-9-13(14)18-10-11)20-16(5-1-2-6-16)12-3-7-17-8-4-12/h3-4,7-8,11,13-14,18H,1-2,5-6,9-10H2. The molecule has 3 heterocycles. The molecule has 2 saturated heterocycles. The third kappa shape index (κ3) is 1.78. The van der Waals surface area contributed by atoms with Crippen LogP contribution in [0.3, 0.4) is 0 Å². The summed E-state index contributed by atoms with van der Waals surface area (Å²) in [5.74, 6) is 0.604. The first-order valence-electron chi connectivity index (χ1n) is 7.65. The molecule has 1 aromatic rings. The second-order valence-electron chi connectivity index (χ2n) is 6.39. The molecule has 5 rings (SSSR count). The zero-order valence-electron chi connectivity index (χ0n) is 11.5. The van der Waals surface area contributed by atoms with Gasteiger partial charge in [0.15, 0.2) is 0 Å². The molecule has 4 nitrogen and oxygen atoms in total. The molecule has 0 aromatic carbocycles. The first kappa shape index (κ1) is 12.3. The highest BCUT2D eigenvalue weighted by atomic mass is 16.6. The minimum absolute atomic E-state index is 0.00922. The van der Waals surface area contributed by atoms with Crippen LogP contribution in [0.2, 0.25) is 0 Å². The lowest BCUT2D eigenvalue weighted by atomic mass is 9.74. The van der Waals surface area contributed by atoms with Gasteiger partial charge in [-0.3, -0.25) is 9.78 Å². The number of aromatic nitrogens is 1. The van der Waals surface area contributed by atoms with Crippen LogP contribution in [0, 0.1) is 11.8 Å². The Labute approximate surface area is 118 Å². The molecule has 1 aromatic heterocycles. The zero-order valence-corrected chi connectivity index (χ0v) is 11.5. The summed E-state index contributed by atoms with van der Waals surface area (Å²) in [7, 11) is 0. The summed E-state index contributed by atoms with van der Waals surface area (Å²) in [6.45, 7) is 0.979. The number of ether oxygens (including phenoxy) is 1. The van der Waals surface area contributed by atoms with Gasteiger partial charge in [0.05, 0.1) is 5.92 Å². The van der Waals surface area contributed by atoms with Gasteiger partial charge in [-0.15, -0.1) is 0 Å². The Morgan fingerprint density at radius 2 is 2.05 bits per heavy atom. The molecule has 2 aliphatic carbocycles. The fourth-order valence-electron chi connectivity index (χ4n) is 4.14. The summed E-state index contributed by atoms with van der Waals surface area (Å²) < 4.78 is 6.06. The normalized spacial score (nSPS) is 33.7. The predicted octanol–water partition coefficient (Wildman–Crippen LogP) is 2.00. The number of carbonyl (C=O) groups is 1. The van der Waals surface area contributed by atoms with Crippen molar-refractivity contribution >= 4 is 5.97 Å². The second-order valence-corrected chi connectivity index (χ2v) is 6.39. The summed E-state index contributed by atoms with van der Waals surface area (Å²) in [5, 5.41) is 3.39. The van der Waals surface area contributed by atoms with Gasteiger partial charge in [0.25, 0.3) is 0 Å². The fourth-order valence-corrected chi connectivity index (χ4v) is 4.14. The topological polar surface area (TPSA) is 51.2 Å². The molecule has 3 unspecified atom stereocenters. The highest BCUT2D eigenvalue weighted by Gasteiger charge is 2.53. The summed E-state index contributed by atoms with van der Waals surface area (Å²) >= 11 is 0. The van der Waals surface area contributed by atoms with Crippen LogP contribution in [-0.4, -0.2) is 23.5 Å². The van der Waals surface area contributed by atoms with Gasteiger partial charge in [-0.25, -0.2) is 0 Å². The number of carbonyl (C=O) groups excluding carboxylic acids is 1. The molecular formula is C16H20N2O2. The number of pyridine rings is 1. The molecule has 20 heavy (non-hydrogen) atoms. The van der Waals surface area contributed by atoms with Crippen LogP contribution in [0.1, 0.15) is 37.7 Å². The Hall–Kier alpha value is -1.42. The van der Waals surface area contributed by atoms with E-state index in [1.54, 1.807) is 12.4 Å². The maximum absolute atomic E-state index is 12.5. The maximum Gasteiger partial charge on any atom is 0.311 e. The van der Waals surface area contributed by atoms with Gasteiger partial charge in [-0.2, -0.15) is 0 Å². The molecule has 0 spiro atoms. The molecule has 2 saturated carbocycles. The minimum Gasteiger partial charge on any atom is -0.454 e. The van der Waals surface area contributed by atoms with Crippen LogP contribution < -0.4 is 5.32 Å². The predicted molar refractivity (Wildman–Crippen MR) is 73.9 cm³/mol. The largest absolute Gasteiger partial charge is 0.454 e.